The molecule has 3 nitrogen and oxygen atoms in total. The van der Waals surface area contributed by atoms with Crippen LogP contribution in [0.2, 0.25) is 0 Å². The molecule has 5 atom stereocenters. The standard InChI is InChI=1S/C24H34O3/c1-3-4-8-12-20-19(11-9-6-5-7-10-13-21(25)27-2)22-17-14-15-18(16-17)23(22)24(20)26/h4,8,12,14-15,17-19,22-23H,3,5-7,9-11,13,16H2,1-2H3/b8-4+,20-12+/t17-,18+,19+,22-,23-/m0/s1. The van der Waals surface area contributed by atoms with E-state index in [0.29, 0.717) is 35.9 Å². The maximum atomic E-state index is 13.1. The highest BCUT2D eigenvalue weighted by Crippen LogP contribution is 2.58. The molecule has 148 valence electrons. The largest absolute Gasteiger partial charge is 0.469 e. The summed E-state index contributed by atoms with van der Waals surface area (Å²) in [6.45, 7) is 2.13. The maximum Gasteiger partial charge on any atom is 0.305 e. The molecule has 0 aromatic rings. The molecule has 3 aliphatic carbocycles. The van der Waals surface area contributed by atoms with Gasteiger partial charge < -0.3 is 4.74 Å². The first-order valence-corrected chi connectivity index (χ1v) is 10.8. The number of carbonyl (C=O) groups is 2. The number of fused-ring (bicyclic) bond motifs is 5. The van der Waals surface area contributed by atoms with E-state index in [1.807, 2.05) is 0 Å². The van der Waals surface area contributed by atoms with E-state index in [2.05, 4.69) is 42.0 Å². The third-order valence-corrected chi connectivity index (χ3v) is 6.74. The summed E-state index contributed by atoms with van der Waals surface area (Å²) in [6, 6.07) is 0. The number of methoxy groups -OCH3 is 1. The Morgan fingerprint density at radius 2 is 1.89 bits per heavy atom. The number of hydrogen-bond donors (Lipinski definition) is 0. The molecule has 27 heavy (non-hydrogen) atoms. The summed E-state index contributed by atoms with van der Waals surface area (Å²) >= 11 is 0. The highest BCUT2D eigenvalue weighted by atomic mass is 16.5. The van der Waals surface area contributed by atoms with Gasteiger partial charge in [0, 0.05) is 12.3 Å². The molecule has 0 amide bonds. The van der Waals surface area contributed by atoms with Gasteiger partial charge in [0.15, 0.2) is 5.78 Å². The first-order chi connectivity index (χ1) is 13.2. The van der Waals surface area contributed by atoms with Crippen LogP contribution < -0.4 is 0 Å². The van der Waals surface area contributed by atoms with Gasteiger partial charge in [0.2, 0.25) is 0 Å². The highest BCUT2D eigenvalue weighted by molar-refractivity contribution is 6.01. The van der Waals surface area contributed by atoms with Crippen LogP contribution in [0.3, 0.4) is 0 Å². The Kier molecular flexibility index (Phi) is 7.09. The molecule has 0 unspecified atom stereocenters. The van der Waals surface area contributed by atoms with Crippen molar-refractivity contribution in [2.45, 2.75) is 64.7 Å². The van der Waals surface area contributed by atoms with Crippen LogP contribution in [-0.2, 0) is 14.3 Å². The van der Waals surface area contributed by atoms with E-state index >= 15 is 0 Å². The summed E-state index contributed by atoms with van der Waals surface area (Å²) in [5, 5.41) is 0. The Morgan fingerprint density at radius 1 is 1.15 bits per heavy atom. The molecule has 0 heterocycles. The lowest BCUT2D eigenvalue weighted by Crippen LogP contribution is -2.21. The Bertz CT molecular complexity index is 628. The fourth-order valence-corrected chi connectivity index (χ4v) is 5.49. The van der Waals surface area contributed by atoms with Gasteiger partial charge in [0.05, 0.1) is 7.11 Å². The minimum atomic E-state index is -0.107. The van der Waals surface area contributed by atoms with Gasteiger partial charge in [-0.2, -0.15) is 0 Å². The van der Waals surface area contributed by atoms with E-state index in [1.54, 1.807) is 0 Å². The smallest absolute Gasteiger partial charge is 0.305 e. The number of Topliss-reactive ketones (excluding diaryl/α,β-unsaturated/α-hetero) is 1. The third kappa shape index (κ3) is 4.44. The summed E-state index contributed by atoms with van der Waals surface area (Å²) in [6.07, 6.45) is 20.4. The molecule has 0 spiro atoms. The van der Waals surface area contributed by atoms with Crippen molar-refractivity contribution in [3.63, 3.8) is 0 Å². The zero-order valence-corrected chi connectivity index (χ0v) is 16.9. The van der Waals surface area contributed by atoms with Crippen molar-refractivity contribution >= 4 is 11.8 Å². The number of unbranched alkanes of at least 4 members (excludes halogenated alkanes) is 4. The maximum absolute atomic E-state index is 13.1. The second-order valence-corrected chi connectivity index (χ2v) is 8.36. The second kappa shape index (κ2) is 9.52. The molecular formula is C24H34O3. The molecule has 0 saturated heterocycles. The average molecular weight is 371 g/mol. The lowest BCUT2D eigenvalue weighted by Gasteiger charge is -2.25. The fourth-order valence-electron chi connectivity index (χ4n) is 5.49. The first kappa shape index (κ1) is 20.1. The van der Waals surface area contributed by atoms with Crippen molar-refractivity contribution in [1.82, 2.24) is 0 Å². The van der Waals surface area contributed by atoms with Crippen LogP contribution in [0, 0.1) is 29.6 Å². The minimum Gasteiger partial charge on any atom is -0.469 e. The van der Waals surface area contributed by atoms with Crippen molar-refractivity contribution in [3.8, 4) is 0 Å². The molecular weight excluding hydrogens is 336 g/mol. The van der Waals surface area contributed by atoms with E-state index in [-0.39, 0.29) is 11.9 Å². The molecule has 2 saturated carbocycles. The lowest BCUT2D eigenvalue weighted by molar-refractivity contribution is -0.140. The van der Waals surface area contributed by atoms with E-state index < -0.39 is 0 Å². The van der Waals surface area contributed by atoms with Crippen LogP contribution in [-0.4, -0.2) is 18.9 Å². The van der Waals surface area contributed by atoms with Crippen LogP contribution >= 0.6 is 0 Å². The first-order valence-electron chi connectivity index (χ1n) is 10.8. The summed E-state index contributed by atoms with van der Waals surface area (Å²) in [5.74, 6) is 2.69. The number of rotatable bonds is 10. The summed E-state index contributed by atoms with van der Waals surface area (Å²) < 4.78 is 4.68. The molecule has 3 rings (SSSR count). The van der Waals surface area contributed by atoms with Gasteiger partial charge in [0.1, 0.15) is 0 Å². The van der Waals surface area contributed by atoms with Gasteiger partial charge in [-0.25, -0.2) is 0 Å². The molecule has 0 aromatic carbocycles. The van der Waals surface area contributed by atoms with Crippen molar-refractivity contribution < 1.29 is 14.3 Å². The number of carbonyl (C=O) groups excluding carboxylic acids is 2. The summed E-state index contributed by atoms with van der Waals surface area (Å²) in [7, 11) is 1.45. The van der Waals surface area contributed by atoms with Crippen LogP contribution in [0.5, 0.6) is 0 Å². The van der Waals surface area contributed by atoms with Crippen molar-refractivity contribution in [2.24, 2.45) is 29.6 Å². The van der Waals surface area contributed by atoms with E-state index in [0.717, 1.165) is 37.7 Å². The fraction of sp³-hybridized carbons (Fsp3) is 0.667. The van der Waals surface area contributed by atoms with E-state index in [1.165, 1.54) is 26.4 Å². The second-order valence-electron chi connectivity index (χ2n) is 8.36. The van der Waals surface area contributed by atoms with Crippen LogP contribution in [0.25, 0.3) is 0 Å². The lowest BCUT2D eigenvalue weighted by atomic mass is 9.78. The summed E-state index contributed by atoms with van der Waals surface area (Å²) in [4.78, 5) is 24.2. The molecule has 2 fully saturated rings. The van der Waals surface area contributed by atoms with Gasteiger partial charge in [-0.3, -0.25) is 9.59 Å². The molecule has 3 heteroatoms. The van der Waals surface area contributed by atoms with Gasteiger partial charge >= 0.3 is 5.97 Å². The molecule has 0 aliphatic heterocycles. The molecule has 0 N–H and O–H groups in total. The van der Waals surface area contributed by atoms with Gasteiger partial charge in [-0.15, -0.1) is 0 Å². The number of ketones is 1. The van der Waals surface area contributed by atoms with Crippen molar-refractivity contribution in [2.75, 3.05) is 7.11 Å². The van der Waals surface area contributed by atoms with Gasteiger partial charge in [-0.1, -0.05) is 63.0 Å². The Morgan fingerprint density at radius 3 is 2.67 bits per heavy atom. The predicted molar refractivity (Wildman–Crippen MR) is 108 cm³/mol. The monoisotopic (exact) mass is 370 g/mol. The Balaban J connectivity index is 1.52. The number of hydrogen-bond acceptors (Lipinski definition) is 3. The average Bonchev–Trinajstić information content (AvgIpc) is 3.35. The van der Waals surface area contributed by atoms with Crippen LogP contribution in [0.1, 0.15) is 64.7 Å². The van der Waals surface area contributed by atoms with E-state index in [4.69, 9.17) is 0 Å². The number of ether oxygens (including phenoxy) is 1. The number of allylic oxidation sites excluding steroid dienone is 6. The summed E-state index contributed by atoms with van der Waals surface area (Å²) in [5.41, 5.74) is 1.10. The Hall–Kier alpha value is -1.64. The van der Waals surface area contributed by atoms with Gasteiger partial charge in [-0.05, 0) is 54.9 Å². The molecule has 2 bridgehead atoms. The molecule has 0 radical (unpaired) electrons. The van der Waals surface area contributed by atoms with Crippen LogP contribution in [0.4, 0.5) is 0 Å². The zero-order chi connectivity index (χ0) is 19.2. The quantitative estimate of drug-likeness (QED) is 0.223. The normalized spacial score (nSPS) is 32.7. The van der Waals surface area contributed by atoms with Crippen LogP contribution in [0.15, 0.2) is 36.0 Å². The zero-order valence-electron chi connectivity index (χ0n) is 16.9. The van der Waals surface area contributed by atoms with Crippen molar-refractivity contribution in [3.05, 3.63) is 36.0 Å². The molecule has 0 aromatic heterocycles. The Labute approximate surface area is 163 Å². The topological polar surface area (TPSA) is 43.4 Å². The predicted octanol–water partition coefficient (Wildman–Crippen LogP) is 5.42. The van der Waals surface area contributed by atoms with Crippen molar-refractivity contribution in [1.29, 1.82) is 0 Å². The minimum absolute atomic E-state index is 0.107. The van der Waals surface area contributed by atoms with E-state index in [9.17, 15) is 9.59 Å². The highest BCUT2D eigenvalue weighted by Gasteiger charge is 2.57. The van der Waals surface area contributed by atoms with Gasteiger partial charge in [0.25, 0.3) is 0 Å². The third-order valence-electron chi connectivity index (χ3n) is 6.74. The SMILES string of the molecule is CC/C=C/C=C1/C(=O)[C@@H]2[C@H]([C@@H]1CCCCCCCC(=O)OC)[C@H]1C=C[C@@H]2C1. The number of esters is 1. The molecule has 3 aliphatic rings.